The van der Waals surface area contributed by atoms with Crippen LogP contribution in [-0.4, -0.2) is 18.5 Å². The van der Waals surface area contributed by atoms with Crippen molar-refractivity contribution in [3.05, 3.63) is 35.8 Å². The lowest BCUT2D eigenvalue weighted by atomic mass is 9.46. The smallest absolute Gasteiger partial charge is 0.334 e. The molecule has 0 amide bonds. The number of hydrogen-bond acceptors (Lipinski definition) is 5. The van der Waals surface area contributed by atoms with Gasteiger partial charge in [-0.25, -0.2) is 4.79 Å². The molecule has 2 saturated heterocycles. The van der Waals surface area contributed by atoms with Gasteiger partial charge in [0.1, 0.15) is 12.7 Å². The standard InChI is InChI=1S/C20H22O5/c1-12-5-7-19-11-24-17(21)14(19)3-2-4-16(19)20(12)9-15(25-18(20)22)13-6-8-23-10-13/h3,6,8,10,12,15-16H,2,4-5,7,9,11H2,1H3/t12-,15-,16+,19-,20-/m1/s1. The third-order valence-corrected chi connectivity index (χ3v) is 7.28. The summed E-state index contributed by atoms with van der Waals surface area (Å²) in [5.41, 5.74) is 0.900. The summed E-state index contributed by atoms with van der Waals surface area (Å²) in [6, 6.07) is 1.87. The fourth-order valence-corrected chi connectivity index (χ4v) is 6.01. The number of fused-ring (bicyclic) bond motifs is 1. The van der Waals surface area contributed by atoms with Crippen molar-refractivity contribution in [3.63, 3.8) is 0 Å². The van der Waals surface area contributed by atoms with Crippen LogP contribution in [0.2, 0.25) is 0 Å². The van der Waals surface area contributed by atoms with Gasteiger partial charge in [0.15, 0.2) is 0 Å². The van der Waals surface area contributed by atoms with Gasteiger partial charge in [0.2, 0.25) is 0 Å². The van der Waals surface area contributed by atoms with Crippen molar-refractivity contribution in [2.24, 2.45) is 22.7 Å². The third kappa shape index (κ3) is 1.79. The van der Waals surface area contributed by atoms with Crippen molar-refractivity contribution in [2.75, 3.05) is 6.61 Å². The number of rotatable bonds is 1. The minimum atomic E-state index is -0.534. The minimum absolute atomic E-state index is 0.101. The molecule has 2 aliphatic heterocycles. The van der Waals surface area contributed by atoms with E-state index in [-0.39, 0.29) is 35.3 Å². The van der Waals surface area contributed by atoms with Gasteiger partial charge < -0.3 is 13.9 Å². The molecule has 0 radical (unpaired) electrons. The van der Waals surface area contributed by atoms with Gasteiger partial charge in [-0.3, -0.25) is 4.79 Å². The fraction of sp³-hybridized carbons (Fsp3) is 0.600. The van der Waals surface area contributed by atoms with E-state index >= 15 is 0 Å². The first-order valence-corrected chi connectivity index (χ1v) is 9.19. The van der Waals surface area contributed by atoms with Crippen molar-refractivity contribution in [1.82, 2.24) is 0 Å². The van der Waals surface area contributed by atoms with E-state index in [4.69, 9.17) is 13.9 Å². The van der Waals surface area contributed by atoms with Gasteiger partial charge in [-0.05, 0) is 43.6 Å². The molecule has 25 heavy (non-hydrogen) atoms. The van der Waals surface area contributed by atoms with Gasteiger partial charge in [0.05, 0.1) is 17.9 Å². The SMILES string of the molecule is C[C@@H]1CC[C@@]23COC(=O)C2=CCC[C@@H]3[C@@]12C[C@H](c1ccoc1)OC2=O. The molecule has 1 saturated carbocycles. The van der Waals surface area contributed by atoms with Gasteiger partial charge >= 0.3 is 11.9 Å². The normalized spacial score (nSPS) is 42.6. The molecule has 0 bridgehead atoms. The average molecular weight is 342 g/mol. The van der Waals surface area contributed by atoms with Gasteiger partial charge in [-0.15, -0.1) is 0 Å². The Labute approximate surface area is 146 Å². The molecule has 5 heteroatoms. The maximum absolute atomic E-state index is 13.2. The first-order chi connectivity index (χ1) is 12.1. The zero-order valence-electron chi connectivity index (χ0n) is 14.3. The molecule has 2 spiro atoms. The highest BCUT2D eigenvalue weighted by atomic mass is 16.6. The largest absolute Gasteiger partial charge is 0.472 e. The number of ether oxygens (including phenoxy) is 2. The first kappa shape index (κ1) is 15.2. The topological polar surface area (TPSA) is 65.7 Å². The summed E-state index contributed by atoms with van der Waals surface area (Å²) < 4.78 is 16.5. The quantitative estimate of drug-likeness (QED) is 0.730. The highest BCUT2D eigenvalue weighted by Gasteiger charge is 2.68. The Kier molecular flexibility index (Phi) is 3.04. The molecule has 5 rings (SSSR count). The highest BCUT2D eigenvalue weighted by molar-refractivity contribution is 5.93. The zero-order chi connectivity index (χ0) is 17.2. The summed E-state index contributed by atoms with van der Waals surface area (Å²) in [7, 11) is 0. The molecule has 132 valence electrons. The van der Waals surface area contributed by atoms with Crippen molar-refractivity contribution < 1.29 is 23.5 Å². The Morgan fingerprint density at radius 3 is 2.92 bits per heavy atom. The monoisotopic (exact) mass is 342 g/mol. The lowest BCUT2D eigenvalue weighted by molar-refractivity contribution is -0.162. The Balaban J connectivity index is 1.59. The van der Waals surface area contributed by atoms with E-state index in [1.54, 1.807) is 12.5 Å². The van der Waals surface area contributed by atoms with Crippen LogP contribution in [0.1, 0.15) is 50.7 Å². The van der Waals surface area contributed by atoms with Gasteiger partial charge in [0, 0.05) is 23.0 Å². The molecule has 5 atom stereocenters. The lowest BCUT2D eigenvalue weighted by Gasteiger charge is -2.54. The van der Waals surface area contributed by atoms with E-state index < -0.39 is 5.41 Å². The van der Waals surface area contributed by atoms with Crippen LogP contribution in [0, 0.1) is 22.7 Å². The minimum Gasteiger partial charge on any atom is -0.472 e. The number of furan rings is 1. The second-order valence-corrected chi connectivity index (χ2v) is 8.11. The maximum Gasteiger partial charge on any atom is 0.334 e. The molecular weight excluding hydrogens is 320 g/mol. The van der Waals surface area contributed by atoms with Crippen LogP contribution in [0.4, 0.5) is 0 Å². The van der Waals surface area contributed by atoms with Crippen LogP contribution in [0.5, 0.6) is 0 Å². The molecular formula is C20H22O5. The van der Waals surface area contributed by atoms with Crippen molar-refractivity contribution >= 4 is 11.9 Å². The molecule has 5 nitrogen and oxygen atoms in total. The molecule has 1 aromatic rings. The van der Waals surface area contributed by atoms with E-state index in [2.05, 4.69) is 6.92 Å². The number of cyclic esters (lactones) is 2. The van der Waals surface area contributed by atoms with E-state index in [1.807, 2.05) is 12.1 Å². The average Bonchev–Trinajstić information content (AvgIpc) is 3.31. The predicted molar refractivity (Wildman–Crippen MR) is 87.2 cm³/mol. The Morgan fingerprint density at radius 2 is 2.12 bits per heavy atom. The number of esters is 2. The van der Waals surface area contributed by atoms with Crippen LogP contribution in [-0.2, 0) is 19.1 Å². The zero-order valence-corrected chi connectivity index (χ0v) is 14.3. The van der Waals surface area contributed by atoms with Gasteiger partial charge in [-0.1, -0.05) is 13.0 Å². The molecule has 0 aromatic carbocycles. The maximum atomic E-state index is 13.2. The van der Waals surface area contributed by atoms with Crippen LogP contribution in [0.25, 0.3) is 0 Å². The molecule has 4 aliphatic rings. The van der Waals surface area contributed by atoms with Crippen LogP contribution >= 0.6 is 0 Å². The summed E-state index contributed by atoms with van der Waals surface area (Å²) in [5, 5.41) is 0. The second-order valence-electron chi connectivity index (χ2n) is 8.11. The summed E-state index contributed by atoms with van der Waals surface area (Å²) in [6.45, 7) is 2.59. The summed E-state index contributed by atoms with van der Waals surface area (Å²) in [4.78, 5) is 25.4. The number of allylic oxidation sites excluding steroid dienone is 1. The van der Waals surface area contributed by atoms with Crippen LogP contribution in [0.3, 0.4) is 0 Å². The number of hydrogen-bond donors (Lipinski definition) is 0. The number of carbonyl (C=O) groups excluding carboxylic acids is 2. The molecule has 0 unspecified atom stereocenters. The fourth-order valence-electron chi connectivity index (χ4n) is 6.01. The van der Waals surface area contributed by atoms with E-state index in [1.165, 1.54) is 0 Å². The third-order valence-electron chi connectivity index (χ3n) is 7.28. The summed E-state index contributed by atoms with van der Waals surface area (Å²) >= 11 is 0. The van der Waals surface area contributed by atoms with Crippen molar-refractivity contribution in [2.45, 2.75) is 45.1 Å². The molecule has 0 N–H and O–H groups in total. The number of carbonyl (C=O) groups is 2. The predicted octanol–water partition coefficient (Wildman–Crippen LogP) is 3.56. The van der Waals surface area contributed by atoms with Crippen LogP contribution < -0.4 is 0 Å². The van der Waals surface area contributed by atoms with Crippen molar-refractivity contribution in [1.29, 1.82) is 0 Å². The second kappa shape index (κ2) is 4.99. The Bertz CT molecular complexity index is 763. The lowest BCUT2D eigenvalue weighted by Crippen LogP contribution is -2.55. The van der Waals surface area contributed by atoms with E-state index in [0.29, 0.717) is 13.0 Å². The van der Waals surface area contributed by atoms with Crippen molar-refractivity contribution in [3.8, 4) is 0 Å². The van der Waals surface area contributed by atoms with E-state index in [0.717, 1.165) is 36.8 Å². The molecule has 2 aliphatic carbocycles. The first-order valence-electron chi connectivity index (χ1n) is 9.19. The highest BCUT2D eigenvalue weighted by Crippen LogP contribution is 2.67. The van der Waals surface area contributed by atoms with Crippen LogP contribution in [0.15, 0.2) is 34.7 Å². The van der Waals surface area contributed by atoms with Gasteiger partial charge in [0.25, 0.3) is 0 Å². The van der Waals surface area contributed by atoms with Gasteiger partial charge in [-0.2, -0.15) is 0 Å². The molecule has 3 heterocycles. The summed E-state index contributed by atoms with van der Waals surface area (Å²) in [6.07, 6.45) is 9.31. The molecule has 3 fully saturated rings. The summed E-state index contributed by atoms with van der Waals surface area (Å²) in [5.74, 6) is 0.0604. The Morgan fingerprint density at radius 1 is 1.24 bits per heavy atom. The van der Waals surface area contributed by atoms with E-state index in [9.17, 15) is 9.59 Å². The molecule has 1 aromatic heterocycles. The Hall–Kier alpha value is -2.04.